The molecule has 0 spiro atoms. The number of amides is 1. The molecule has 3 aromatic rings. The van der Waals surface area contributed by atoms with E-state index in [1.165, 1.54) is 20.0 Å². The van der Waals surface area contributed by atoms with E-state index in [1.54, 1.807) is 25.3 Å². The molecule has 2 aromatic carbocycles. The van der Waals surface area contributed by atoms with Crippen LogP contribution in [0.3, 0.4) is 0 Å². The molecule has 1 amide bonds. The molecule has 0 atom stereocenters. The van der Waals surface area contributed by atoms with Crippen molar-refractivity contribution in [2.24, 2.45) is 5.92 Å². The van der Waals surface area contributed by atoms with Gasteiger partial charge in [0.1, 0.15) is 10.8 Å². The van der Waals surface area contributed by atoms with Crippen LogP contribution in [-0.2, 0) is 14.4 Å². The second-order valence-electron chi connectivity index (χ2n) is 10.2. The third-order valence-electron chi connectivity index (χ3n) is 6.78. The lowest BCUT2D eigenvalue weighted by atomic mass is 10.2. The summed E-state index contributed by atoms with van der Waals surface area (Å²) in [6, 6.07) is 13.1. The molecule has 14 heteroatoms. The second kappa shape index (κ2) is 16.0. The molecule has 3 N–H and O–H groups in total. The molecule has 1 aromatic heterocycles. The highest BCUT2D eigenvalue weighted by molar-refractivity contribution is 8.14. The quantitative estimate of drug-likeness (QED) is 0.228. The van der Waals surface area contributed by atoms with Gasteiger partial charge in [0.05, 0.1) is 24.9 Å². The zero-order chi connectivity index (χ0) is 31.6. The van der Waals surface area contributed by atoms with Gasteiger partial charge in [0.2, 0.25) is 11.9 Å². The summed E-state index contributed by atoms with van der Waals surface area (Å²) in [5.74, 6) is 1.13. The molecule has 0 aliphatic carbocycles. The number of nitrogens with one attached hydrogen (secondary N) is 3. The van der Waals surface area contributed by atoms with E-state index >= 15 is 0 Å². The topological polar surface area (TPSA) is 129 Å². The van der Waals surface area contributed by atoms with E-state index in [1.807, 2.05) is 24.3 Å². The van der Waals surface area contributed by atoms with Crippen LogP contribution >= 0.6 is 35.1 Å². The first kappa shape index (κ1) is 33.4. The number of rotatable bonds is 12. The maximum absolute atomic E-state index is 13.0. The van der Waals surface area contributed by atoms with E-state index < -0.39 is 5.92 Å². The molecule has 2 heterocycles. The number of halogens is 1. The zero-order valence-corrected chi connectivity index (χ0v) is 27.4. The minimum atomic E-state index is -0.521. The molecule has 0 bridgehead atoms. The Morgan fingerprint density at radius 3 is 2.32 bits per heavy atom. The maximum atomic E-state index is 13.0. The third-order valence-corrected chi connectivity index (χ3v) is 9.01. The van der Waals surface area contributed by atoms with Gasteiger partial charge in [-0.25, -0.2) is 4.98 Å². The fourth-order valence-electron chi connectivity index (χ4n) is 4.37. The molecule has 11 nitrogen and oxygen atoms in total. The Hall–Kier alpha value is -3.52. The monoisotopic (exact) mass is 657 g/mol. The van der Waals surface area contributed by atoms with Crippen molar-refractivity contribution in [1.82, 2.24) is 14.9 Å². The Balaban J connectivity index is 1.45. The first-order valence-corrected chi connectivity index (χ1v) is 16.3. The van der Waals surface area contributed by atoms with Gasteiger partial charge in [0.25, 0.3) is 0 Å². The minimum absolute atomic E-state index is 0.0847. The molecule has 1 saturated heterocycles. The van der Waals surface area contributed by atoms with Gasteiger partial charge in [-0.15, -0.1) is 0 Å². The number of hydrogen-bond donors (Lipinski definition) is 3. The van der Waals surface area contributed by atoms with Crippen LogP contribution in [0.25, 0.3) is 0 Å². The molecule has 1 aliphatic rings. The van der Waals surface area contributed by atoms with Crippen LogP contribution in [0.15, 0.2) is 48.7 Å². The molecule has 0 saturated carbocycles. The smallest absolute Gasteiger partial charge is 0.229 e. The number of aromatic nitrogens is 2. The number of carbonyl (C=O) groups is 3. The molecule has 4 rings (SSSR count). The molecule has 0 radical (unpaired) electrons. The molecule has 0 unspecified atom stereocenters. The summed E-state index contributed by atoms with van der Waals surface area (Å²) in [5, 5.41) is 9.45. The Morgan fingerprint density at radius 2 is 1.66 bits per heavy atom. The van der Waals surface area contributed by atoms with Crippen LogP contribution in [0.1, 0.15) is 13.8 Å². The van der Waals surface area contributed by atoms with E-state index in [-0.39, 0.29) is 27.6 Å². The summed E-state index contributed by atoms with van der Waals surface area (Å²) in [6.07, 6.45) is 1.50. The Morgan fingerprint density at radius 1 is 0.977 bits per heavy atom. The Kier molecular flexibility index (Phi) is 12.1. The Labute approximate surface area is 270 Å². The van der Waals surface area contributed by atoms with Crippen molar-refractivity contribution in [3.05, 3.63) is 53.7 Å². The van der Waals surface area contributed by atoms with Crippen LogP contribution in [0.2, 0.25) is 5.02 Å². The number of thioether (sulfide) groups is 2. The SMILES string of the molecule is COc1cc(N2CCN(C)CC2)ccc1Nc1ncc(Cl)c(Nc2cccc(NC(=O)C(CSC(C)=O)CSC(C)=O)c2)n1. The number of hydrogen-bond acceptors (Lipinski definition) is 12. The van der Waals surface area contributed by atoms with Gasteiger partial charge in [-0.3, -0.25) is 14.4 Å². The van der Waals surface area contributed by atoms with Crippen molar-refractivity contribution in [3.63, 3.8) is 0 Å². The van der Waals surface area contributed by atoms with Crippen LogP contribution < -0.4 is 25.6 Å². The molecule has 1 fully saturated rings. The maximum Gasteiger partial charge on any atom is 0.229 e. The number of likely N-dealkylation sites (N-methyl/N-ethyl adjacent to an activating group) is 1. The number of carbonyl (C=O) groups excluding carboxylic acids is 3. The van der Waals surface area contributed by atoms with E-state index in [0.717, 1.165) is 55.4 Å². The first-order chi connectivity index (χ1) is 21.1. The van der Waals surface area contributed by atoms with Gasteiger partial charge in [0, 0.05) is 74.7 Å². The third kappa shape index (κ3) is 9.74. The van der Waals surface area contributed by atoms with Gasteiger partial charge < -0.3 is 30.5 Å². The predicted molar refractivity (Wildman–Crippen MR) is 181 cm³/mol. The van der Waals surface area contributed by atoms with Crippen molar-refractivity contribution >= 4 is 85.8 Å². The van der Waals surface area contributed by atoms with Gasteiger partial charge in [-0.1, -0.05) is 41.2 Å². The van der Waals surface area contributed by atoms with E-state index in [0.29, 0.717) is 39.6 Å². The number of benzene rings is 2. The molecular weight excluding hydrogens is 622 g/mol. The number of ether oxygens (including phenoxy) is 1. The number of anilines is 6. The summed E-state index contributed by atoms with van der Waals surface area (Å²) in [5.41, 5.74) is 2.98. The van der Waals surface area contributed by atoms with Gasteiger partial charge in [0.15, 0.2) is 16.0 Å². The van der Waals surface area contributed by atoms with Crippen LogP contribution in [0.5, 0.6) is 5.75 Å². The Bertz CT molecular complexity index is 1470. The summed E-state index contributed by atoms with van der Waals surface area (Å²) >= 11 is 8.56. The summed E-state index contributed by atoms with van der Waals surface area (Å²) in [6.45, 7) is 6.82. The minimum Gasteiger partial charge on any atom is -0.494 e. The van der Waals surface area contributed by atoms with E-state index in [4.69, 9.17) is 16.3 Å². The van der Waals surface area contributed by atoms with Gasteiger partial charge in [-0.05, 0) is 37.4 Å². The zero-order valence-electron chi connectivity index (χ0n) is 25.1. The number of piperazine rings is 1. The van der Waals surface area contributed by atoms with Crippen molar-refractivity contribution in [3.8, 4) is 5.75 Å². The molecular formula is C30H36ClN7O4S2. The lowest BCUT2D eigenvalue weighted by Crippen LogP contribution is -2.44. The lowest BCUT2D eigenvalue weighted by molar-refractivity contribution is -0.118. The standard InChI is InChI=1S/C30H36ClN7O4S2/c1-19(39)43-17-21(18-44-20(2)40)29(41)34-23-7-5-6-22(14-23)33-28-25(31)16-32-30(36-28)35-26-9-8-24(15-27(26)42-4)38-12-10-37(3)11-13-38/h5-9,14-16,21H,10-13,17-18H2,1-4H3,(H,34,41)(H2,32,33,35,36). The highest BCUT2D eigenvalue weighted by atomic mass is 35.5. The lowest BCUT2D eigenvalue weighted by Gasteiger charge is -2.34. The summed E-state index contributed by atoms with van der Waals surface area (Å²) < 4.78 is 5.67. The highest BCUT2D eigenvalue weighted by Gasteiger charge is 2.21. The molecule has 44 heavy (non-hydrogen) atoms. The number of methoxy groups -OCH3 is 1. The average molecular weight is 658 g/mol. The van der Waals surface area contributed by atoms with Crippen molar-refractivity contribution in [1.29, 1.82) is 0 Å². The summed E-state index contributed by atoms with van der Waals surface area (Å²) in [4.78, 5) is 49.5. The van der Waals surface area contributed by atoms with Gasteiger partial charge >= 0.3 is 0 Å². The van der Waals surface area contributed by atoms with Crippen molar-refractivity contribution in [2.75, 3.05) is 72.7 Å². The van der Waals surface area contributed by atoms with Gasteiger partial charge in [-0.2, -0.15) is 4.98 Å². The van der Waals surface area contributed by atoms with Crippen LogP contribution in [-0.4, -0.2) is 82.8 Å². The number of nitrogens with zero attached hydrogens (tertiary/aromatic N) is 4. The summed E-state index contributed by atoms with van der Waals surface area (Å²) in [7, 11) is 3.75. The normalized spacial score (nSPS) is 13.5. The van der Waals surface area contributed by atoms with Crippen LogP contribution in [0, 0.1) is 5.92 Å². The average Bonchev–Trinajstić information content (AvgIpc) is 2.99. The van der Waals surface area contributed by atoms with E-state index in [2.05, 4.69) is 42.8 Å². The largest absolute Gasteiger partial charge is 0.494 e. The fourth-order valence-corrected chi connectivity index (χ4v) is 6.07. The molecule has 1 aliphatic heterocycles. The first-order valence-electron chi connectivity index (χ1n) is 14.0. The molecule has 234 valence electrons. The predicted octanol–water partition coefficient (Wildman–Crippen LogP) is 5.49. The van der Waals surface area contributed by atoms with Crippen LogP contribution in [0.4, 0.5) is 34.5 Å². The van der Waals surface area contributed by atoms with Crippen molar-refractivity contribution in [2.45, 2.75) is 13.8 Å². The van der Waals surface area contributed by atoms with Crippen molar-refractivity contribution < 1.29 is 19.1 Å². The second-order valence-corrected chi connectivity index (χ2v) is 13.0. The fraction of sp³-hybridized carbons (Fsp3) is 0.367. The highest BCUT2D eigenvalue weighted by Crippen LogP contribution is 2.33. The van der Waals surface area contributed by atoms with E-state index in [9.17, 15) is 14.4 Å².